The summed E-state index contributed by atoms with van der Waals surface area (Å²) in [5.74, 6) is 5.35. The third-order valence-corrected chi connectivity index (χ3v) is 9.23. The lowest BCUT2D eigenvalue weighted by atomic mass is 9.48. The molecule has 0 aromatic rings. The normalized spacial score (nSPS) is 50.5. The highest BCUT2D eigenvalue weighted by atomic mass is 16.3. The van der Waals surface area contributed by atoms with Crippen LogP contribution >= 0.6 is 0 Å². The van der Waals surface area contributed by atoms with Gasteiger partial charge in [0.2, 0.25) is 0 Å². The molecule has 5 rings (SSSR count). The first-order chi connectivity index (χ1) is 12.0. The Balaban J connectivity index is 1.44. The number of hydrogen-bond donors (Lipinski definition) is 1. The van der Waals surface area contributed by atoms with Gasteiger partial charge < -0.3 is 5.11 Å². The van der Waals surface area contributed by atoms with E-state index in [1.165, 1.54) is 44.1 Å². The molecule has 0 saturated heterocycles. The maximum absolute atomic E-state index is 11.9. The van der Waals surface area contributed by atoms with Crippen molar-refractivity contribution < 1.29 is 9.90 Å². The summed E-state index contributed by atoms with van der Waals surface area (Å²) in [6, 6.07) is 0. The predicted octanol–water partition coefficient (Wildman–Crippen LogP) is 4.76. The summed E-state index contributed by atoms with van der Waals surface area (Å²) in [5.41, 5.74) is 1.85. The number of hydrogen-bond acceptors (Lipinski definition) is 2. The molecule has 2 heteroatoms. The van der Waals surface area contributed by atoms with Crippen molar-refractivity contribution >= 4 is 5.78 Å². The monoisotopic (exact) mass is 342 g/mol. The Bertz CT molecular complexity index is 603. The van der Waals surface area contributed by atoms with E-state index in [1.54, 1.807) is 0 Å². The predicted molar refractivity (Wildman–Crippen MR) is 98.9 cm³/mol. The van der Waals surface area contributed by atoms with Crippen molar-refractivity contribution in [1.82, 2.24) is 0 Å². The number of rotatable bonds is 2. The lowest BCUT2D eigenvalue weighted by molar-refractivity contribution is -0.116. The molecule has 2 nitrogen and oxygen atoms in total. The van der Waals surface area contributed by atoms with Gasteiger partial charge in [0.05, 0.1) is 6.10 Å². The standard InChI is InChI=1S/C23H34O2/c1-13-11-15-12-16(24)5-6-17(15)18-9-10-23(2)19(21(13)18)7-8-20(23)22(25)14-3-4-14/h12-14,17-22,25H,3-11H2,1-2H3/t13-,17+,18-,19-,20-,21-,22-,23+/m1/s1. The van der Waals surface area contributed by atoms with Crippen LogP contribution in [-0.4, -0.2) is 17.0 Å². The van der Waals surface area contributed by atoms with Crippen molar-refractivity contribution in [2.75, 3.05) is 0 Å². The molecular weight excluding hydrogens is 308 g/mol. The van der Waals surface area contributed by atoms with E-state index in [4.69, 9.17) is 0 Å². The van der Waals surface area contributed by atoms with Crippen LogP contribution in [0.5, 0.6) is 0 Å². The molecule has 1 N–H and O–H groups in total. The molecule has 0 radical (unpaired) electrons. The molecule has 0 spiro atoms. The van der Waals surface area contributed by atoms with E-state index < -0.39 is 0 Å². The van der Waals surface area contributed by atoms with Crippen LogP contribution in [0.1, 0.15) is 71.6 Å². The van der Waals surface area contributed by atoms with E-state index in [1.807, 2.05) is 6.08 Å². The number of aliphatic hydroxyl groups is 1. The molecule has 138 valence electrons. The van der Waals surface area contributed by atoms with Gasteiger partial charge in [-0.1, -0.05) is 19.4 Å². The summed E-state index contributed by atoms with van der Waals surface area (Å²) in [4.78, 5) is 11.9. The molecule has 0 amide bonds. The molecular formula is C23H34O2. The summed E-state index contributed by atoms with van der Waals surface area (Å²) >= 11 is 0. The van der Waals surface area contributed by atoms with Crippen molar-refractivity contribution in [2.45, 2.75) is 77.7 Å². The summed E-state index contributed by atoms with van der Waals surface area (Å²) in [5, 5.41) is 10.9. The Morgan fingerprint density at radius 1 is 1.16 bits per heavy atom. The van der Waals surface area contributed by atoms with Crippen LogP contribution in [0.3, 0.4) is 0 Å². The lowest BCUT2D eigenvalue weighted by Crippen LogP contribution is -2.50. The average Bonchev–Trinajstić information content (AvgIpc) is 3.36. The van der Waals surface area contributed by atoms with Crippen molar-refractivity contribution in [3.63, 3.8) is 0 Å². The van der Waals surface area contributed by atoms with Crippen LogP contribution in [0.2, 0.25) is 0 Å². The average molecular weight is 343 g/mol. The minimum absolute atomic E-state index is 0.0341. The van der Waals surface area contributed by atoms with Crippen LogP contribution in [0.15, 0.2) is 11.6 Å². The van der Waals surface area contributed by atoms with Crippen molar-refractivity contribution in [3.8, 4) is 0 Å². The van der Waals surface area contributed by atoms with Crippen molar-refractivity contribution in [2.24, 2.45) is 46.8 Å². The van der Waals surface area contributed by atoms with Gasteiger partial charge in [-0.05, 0) is 104 Å². The number of carbonyl (C=O) groups excluding carboxylic acids is 1. The molecule has 0 aromatic carbocycles. The first-order valence-electron chi connectivity index (χ1n) is 10.9. The van der Waals surface area contributed by atoms with E-state index in [-0.39, 0.29) is 6.10 Å². The van der Waals surface area contributed by atoms with Crippen LogP contribution in [0.4, 0.5) is 0 Å². The van der Waals surface area contributed by atoms with Gasteiger partial charge in [-0.2, -0.15) is 0 Å². The summed E-state index contributed by atoms with van der Waals surface area (Å²) in [7, 11) is 0. The molecule has 5 aliphatic rings. The quantitative estimate of drug-likeness (QED) is 0.785. The molecule has 0 unspecified atom stereocenters. The number of carbonyl (C=O) groups is 1. The number of fused-ring (bicyclic) bond motifs is 5. The van der Waals surface area contributed by atoms with Crippen LogP contribution in [-0.2, 0) is 4.79 Å². The summed E-state index contributed by atoms with van der Waals surface area (Å²) < 4.78 is 0. The van der Waals surface area contributed by atoms with E-state index in [0.29, 0.717) is 34.9 Å². The number of allylic oxidation sites excluding steroid dienone is 1. The maximum Gasteiger partial charge on any atom is 0.155 e. The Labute approximate surface area is 152 Å². The summed E-state index contributed by atoms with van der Waals surface area (Å²) in [6.45, 7) is 4.98. The van der Waals surface area contributed by atoms with Crippen molar-refractivity contribution in [1.29, 1.82) is 0 Å². The molecule has 4 fully saturated rings. The summed E-state index contributed by atoms with van der Waals surface area (Å²) in [6.07, 6.45) is 12.7. The second-order valence-corrected chi connectivity index (χ2v) is 10.4. The SMILES string of the molecule is C[C@@H]1CC2=CC(=O)CC[C@@H]2[C@H]2CC[C@@]3(C)[C@H](CC[C@@H]3[C@H](O)C3CC3)[C@@H]21. The fraction of sp³-hybridized carbons (Fsp3) is 0.870. The van der Waals surface area contributed by atoms with Gasteiger partial charge in [0.25, 0.3) is 0 Å². The first kappa shape index (κ1) is 16.5. The Kier molecular flexibility index (Phi) is 3.76. The second-order valence-electron chi connectivity index (χ2n) is 10.4. The minimum Gasteiger partial charge on any atom is -0.393 e. The fourth-order valence-corrected chi connectivity index (χ4v) is 7.96. The third-order valence-electron chi connectivity index (χ3n) is 9.23. The van der Waals surface area contributed by atoms with Gasteiger partial charge in [-0.3, -0.25) is 4.79 Å². The largest absolute Gasteiger partial charge is 0.393 e. The van der Waals surface area contributed by atoms with Crippen LogP contribution in [0.25, 0.3) is 0 Å². The maximum atomic E-state index is 11.9. The van der Waals surface area contributed by atoms with Gasteiger partial charge in [-0.25, -0.2) is 0 Å². The Morgan fingerprint density at radius 3 is 2.72 bits per heavy atom. The van der Waals surface area contributed by atoms with Gasteiger partial charge in [0, 0.05) is 6.42 Å². The van der Waals surface area contributed by atoms with E-state index in [2.05, 4.69) is 13.8 Å². The smallest absolute Gasteiger partial charge is 0.155 e. The zero-order valence-electron chi connectivity index (χ0n) is 15.9. The topological polar surface area (TPSA) is 37.3 Å². The molecule has 25 heavy (non-hydrogen) atoms. The van der Waals surface area contributed by atoms with E-state index in [9.17, 15) is 9.90 Å². The van der Waals surface area contributed by atoms with E-state index >= 15 is 0 Å². The van der Waals surface area contributed by atoms with Crippen LogP contribution < -0.4 is 0 Å². The highest BCUT2D eigenvalue weighted by Crippen LogP contribution is 2.66. The molecule has 0 aromatic heterocycles. The fourth-order valence-electron chi connectivity index (χ4n) is 7.96. The number of ketones is 1. The molecule has 5 aliphatic carbocycles. The first-order valence-corrected chi connectivity index (χ1v) is 10.9. The zero-order chi connectivity index (χ0) is 17.3. The van der Waals surface area contributed by atoms with Gasteiger partial charge in [-0.15, -0.1) is 0 Å². The Hall–Kier alpha value is -0.630. The van der Waals surface area contributed by atoms with Gasteiger partial charge >= 0.3 is 0 Å². The zero-order valence-corrected chi connectivity index (χ0v) is 15.9. The highest BCUT2D eigenvalue weighted by Gasteiger charge is 2.59. The highest BCUT2D eigenvalue weighted by molar-refractivity contribution is 5.91. The number of aliphatic hydroxyl groups excluding tert-OH is 1. The lowest BCUT2D eigenvalue weighted by Gasteiger charge is -2.56. The third kappa shape index (κ3) is 2.42. The van der Waals surface area contributed by atoms with Crippen LogP contribution in [0, 0.1) is 46.8 Å². The molecule has 8 atom stereocenters. The molecule has 0 heterocycles. The van der Waals surface area contributed by atoms with E-state index in [0.717, 1.165) is 37.0 Å². The Morgan fingerprint density at radius 2 is 1.96 bits per heavy atom. The second kappa shape index (κ2) is 5.68. The van der Waals surface area contributed by atoms with Gasteiger partial charge in [0.15, 0.2) is 5.78 Å². The molecule has 0 bridgehead atoms. The molecule has 0 aliphatic heterocycles. The minimum atomic E-state index is -0.0341. The van der Waals surface area contributed by atoms with Gasteiger partial charge in [0.1, 0.15) is 0 Å². The molecule has 4 saturated carbocycles. The van der Waals surface area contributed by atoms with Crippen molar-refractivity contribution in [3.05, 3.63) is 11.6 Å².